The summed E-state index contributed by atoms with van der Waals surface area (Å²) in [5.74, 6) is 0.741. The van der Waals surface area contributed by atoms with Gasteiger partial charge in [-0.1, -0.05) is 48.0 Å². The minimum absolute atomic E-state index is 0.148. The van der Waals surface area contributed by atoms with Gasteiger partial charge in [0.15, 0.2) is 11.5 Å². The number of rotatable bonds is 10. The van der Waals surface area contributed by atoms with E-state index in [1.807, 2.05) is 63.2 Å². The molecule has 2 amide bonds. The summed E-state index contributed by atoms with van der Waals surface area (Å²) >= 11 is 3.46. The van der Waals surface area contributed by atoms with Gasteiger partial charge in [-0.3, -0.25) is 4.79 Å². The Morgan fingerprint density at radius 2 is 1.58 bits per heavy atom. The summed E-state index contributed by atoms with van der Waals surface area (Å²) in [6.07, 6.45) is -0.908. The van der Waals surface area contributed by atoms with E-state index in [1.54, 1.807) is 21.0 Å². The number of alkyl carbamates (subject to hydrolysis) is 1. The van der Waals surface area contributed by atoms with Crippen molar-refractivity contribution in [3.05, 3.63) is 58.1 Å². The molecule has 0 radical (unpaired) electrons. The van der Waals surface area contributed by atoms with Crippen LogP contribution >= 0.6 is 15.9 Å². The van der Waals surface area contributed by atoms with E-state index in [1.165, 1.54) is 0 Å². The van der Waals surface area contributed by atoms with E-state index in [-0.39, 0.29) is 17.9 Å². The molecule has 0 bridgehead atoms. The number of ether oxygens (including phenoxy) is 3. The van der Waals surface area contributed by atoms with Gasteiger partial charge in [0.2, 0.25) is 5.91 Å². The van der Waals surface area contributed by atoms with Crippen LogP contribution in [0.15, 0.2) is 46.9 Å². The van der Waals surface area contributed by atoms with E-state index in [4.69, 9.17) is 14.2 Å². The standard InChI is InChI=1S/C25H33BrN2O5/c1-7-32-21-14-18(10-13-20(21)31-6)23(17-8-11-19(26)12-9-17)27-24(29)22(15(2)3)28-25(30)33-16(4)5/h8-16,22-23H,7H2,1-6H3,(H,27,29)(H,28,30)/t22-,23?/m0/s1. The molecule has 180 valence electrons. The average Bonchev–Trinajstić information content (AvgIpc) is 2.76. The maximum absolute atomic E-state index is 13.3. The van der Waals surface area contributed by atoms with Gasteiger partial charge < -0.3 is 24.8 Å². The van der Waals surface area contributed by atoms with Gasteiger partial charge in [-0.15, -0.1) is 0 Å². The van der Waals surface area contributed by atoms with Crippen molar-refractivity contribution in [3.63, 3.8) is 0 Å². The minimum Gasteiger partial charge on any atom is -0.493 e. The molecule has 0 aliphatic carbocycles. The van der Waals surface area contributed by atoms with Gasteiger partial charge in [-0.2, -0.15) is 0 Å². The number of halogens is 1. The Bertz CT molecular complexity index is 931. The first-order chi connectivity index (χ1) is 15.7. The lowest BCUT2D eigenvalue weighted by Gasteiger charge is -2.27. The normalized spacial score (nSPS) is 12.8. The van der Waals surface area contributed by atoms with E-state index in [9.17, 15) is 9.59 Å². The van der Waals surface area contributed by atoms with Crippen molar-refractivity contribution in [2.45, 2.75) is 52.8 Å². The number of amides is 2. The van der Waals surface area contributed by atoms with E-state index >= 15 is 0 Å². The Morgan fingerprint density at radius 3 is 2.12 bits per heavy atom. The highest BCUT2D eigenvalue weighted by Gasteiger charge is 2.28. The number of carbonyl (C=O) groups is 2. The summed E-state index contributed by atoms with van der Waals surface area (Å²) < 4.78 is 17.2. The average molecular weight is 521 g/mol. The van der Waals surface area contributed by atoms with Crippen molar-refractivity contribution in [2.24, 2.45) is 5.92 Å². The first-order valence-electron chi connectivity index (χ1n) is 11.0. The summed E-state index contributed by atoms with van der Waals surface area (Å²) in [6, 6.07) is 12.0. The molecular formula is C25H33BrN2O5. The highest BCUT2D eigenvalue weighted by molar-refractivity contribution is 9.10. The SMILES string of the molecule is CCOc1cc(C(NC(=O)[C@@H](NC(=O)OC(C)C)C(C)C)c2ccc(Br)cc2)ccc1OC. The molecule has 2 aromatic carbocycles. The van der Waals surface area contributed by atoms with Crippen LogP contribution in [0.25, 0.3) is 0 Å². The minimum atomic E-state index is -0.765. The third kappa shape index (κ3) is 7.67. The summed E-state index contributed by atoms with van der Waals surface area (Å²) in [5, 5.41) is 5.78. The number of nitrogens with one attached hydrogen (secondary N) is 2. The van der Waals surface area contributed by atoms with Gasteiger partial charge in [0.05, 0.1) is 25.9 Å². The van der Waals surface area contributed by atoms with Gasteiger partial charge >= 0.3 is 6.09 Å². The molecule has 8 heteroatoms. The molecule has 1 unspecified atom stereocenters. The fraction of sp³-hybridized carbons (Fsp3) is 0.440. The van der Waals surface area contributed by atoms with Crippen LogP contribution in [-0.4, -0.2) is 37.9 Å². The number of hydrogen-bond acceptors (Lipinski definition) is 5. The number of carbonyl (C=O) groups excluding carboxylic acids is 2. The molecule has 0 aliphatic heterocycles. The smallest absolute Gasteiger partial charge is 0.408 e. The molecule has 0 spiro atoms. The predicted molar refractivity (Wildman–Crippen MR) is 132 cm³/mol. The monoisotopic (exact) mass is 520 g/mol. The van der Waals surface area contributed by atoms with Gasteiger partial charge in [-0.05, 0) is 62.1 Å². The Hall–Kier alpha value is -2.74. The molecule has 2 rings (SSSR count). The van der Waals surface area contributed by atoms with Crippen LogP contribution in [0.4, 0.5) is 4.79 Å². The topological polar surface area (TPSA) is 85.9 Å². The molecule has 0 saturated heterocycles. The summed E-state index contributed by atoms with van der Waals surface area (Å²) in [4.78, 5) is 25.5. The van der Waals surface area contributed by atoms with E-state index < -0.39 is 18.2 Å². The molecule has 2 aromatic rings. The molecule has 0 fully saturated rings. The molecule has 33 heavy (non-hydrogen) atoms. The largest absolute Gasteiger partial charge is 0.493 e. The van der Waals surface area contributed by atoms with E-state index in [0.717, 1.165) is 15.6 Å². The lowest BCUT2D eigenvalue weighted by molar-refractivity contribution is -0.124. The summed E-state index contributed by atoms with van der Waals surface area (Å²) in [5.41, 5.74) is 1.70. The molecular weight excluding hydrogens is 488 g/mol. The first kappa shape index (κ1) is 26.5. The fourth-order valence-corrected chi connectivity index (χ4v) is 3.56. The number of hydrogen-bond donors (Lipinski definition) is 2. The molecule has 7 nitrogen and oxygen atoms in total. The molecule has 2 atom stereocenters. The quantitative estimate of drug-likeness (QED) is 0.448. The van der Waals surface area contributed by atoms with Crippen LogP contribution in [0.3, 0.4) is 0 Å². The van der Waals surface area contributed by atoms with Gasteiger partial charge in [0.1, 0.15) is 6.04 Å². The molecule has 0 heterocycles. The van der Waals surface area contributed by atoms with Crippen LogP contribution in [0.5, 0.6) is 11.5 Å². The van der Waals surface area contributed by atoms with Gasteiger partial charge in [-0.25, -0.2) is 4.79 Å². The Labute approximate surface area is 204 Å². The Balaban J connectivity index is 2.40. The zero-order valence-electron chi connectivity index (χ0n) is 20.0. The molecule has 0 aliphatic rings. The van der Waals surface area contributed by atoms with E-state index in [0.29, 0.717) is 18.1 Å². The van der Waals surface area contributed by atoms with Gasteiger partial charge in [0.25, 0.3) is 0 Å². The van der Waals surface area contributed by atoms with E-state index in [2.05, 4.69) is 26.6 Å². The lowest BCUT2D eigenvalue weighted by atomic mass is 9.96. The predicted octanol–water partition coefficient (Wildman–Crippen LogP) is 5.22. The first-order valence-corrected chi connectivity index (χ1v) is 11.8. The molecule has 0 aromatic heterocycles. The molecule has 0 saturated carbocycles. The lowest BCUT2D eigenvalue weighted by Crippen LogP contribution is -2.51. The van der Waals surface area contributed by atoms with Crippen molar-refractivity contribution < 1.29 is 23.8 Å². The summed E-state index contributed by atoms with van der Waals surface area (Å²) in [6.45, 7) is 9.63. The van der Waals surface area contributed by atoms with Crippen molar-refractivity contribution >= 4 is 27.9 Å². The number of benzene rings is 2. The van der Waals surface area contributed by atoms with Gasteiger partial charge in [0, 0.05) is 4.47 Å². The second-order valence-electron chi connectivity index (χ2n) is 8.16. The maximum atomic E-state index is 13.3. The number of methoxy groups -OCH3 is 1. The van der Waals surface area contributed by atoms with Crippen molar-refractivity contribution in [3.8, 4) is 11.5 Å². The fourth-order valence-electron chi connectivity index (χ4n) is 3.30. The van der Waals surface area contributed by atoms with Crippen molar-refractivity contribution in [1.82, 2.24) is 10.6 Å². The zero-order chi connectivity index (χ0) is 24.5. The second kappa shape index (κ2) is 12.5. The van der Waals surface area contributed by atoms with Crippen LogP contribution in [0.1, 0.15) is 51.8 Å². The molecule has 2 N–H and O–H groups in total. The van der Waals surface area contributed by atoms with Crippen LogP contribution < -0.4 is 20.1 Å². The third-order valence-corrected chi connectivity index (χ3v) is 5.40. The highest BCUT2D eigenvalue weighted by atomic mass is 79.9. The maximum Gasteiger partial charge on any atom is 0.408 e. The highest BCUT2D eigenvalue weighted by Crippen LogP contribution is 2.33. The third-order valence-electron chi connectivity index (χ3n) is 4.88. The Kier molecular flexibility index (Phi) is 10.0. The van der Waals surface area contributed by atoms with Crippen molar-refractivity contribution in [1.29, 1.82) is 0 Å². The van der Waals surface area contributed by atoms with Crippen molar-refractivity contribution in [2.75, 3.05) is 13.7 Å². The Morgan fingerprint density at radius 1 is 0.939 bits per heavy atom. The second-order valence-corrected chi connectivity index (χ2v) is 9.07. The summed E-state index contributed by atoms with van der Waals surface area (Å²) in [7, 11) is 1.58. The van der Waals surface area contributed by atoms with Crippen LogP contribution in [-0.2, 0) is 9.53 Å². The zero-order valence-corrected chi connectivity index (χ0v) is 21.6. The van der Waals surface area contributed by atoms with Crippen LogP contribution in [0.2, 0.25) is 0 Å². The van der Waals surface area contributed by atoms with Crippen LogP contribution in [0, 0.1) is 5.92 Å².